The zero-order valence-electron chi connectivity index (χ0n) is 15.9. The average molecular weight is 379 g/mol. The SMILES string of the molecule is Cc1ccc([C@H](C)NC(=O)COC(=O)c2ccc(-n3cnnn3)cc2)cc1C. The topological polar surface area (TPSA) is 99.0 Å². The number of nitrogens with one attached hydrogen (secondary N) is 1. The van der Waals surface area contributed by atoms with Crippen molar-refractivity contribution in [2.24, 2.45) is 0 Å². The summed E-state index contributed by atoms with van der Waals surface area (Å²) in [5.41, 5.74) is 4.41. The first-order valence-electron chi connectivity index (χ1n) is 8.81. The van der Waals surface area contributed by atoms with Gasteiger partial charge in [0.25, 0.3) is 5.91 Å². The van der Waals surface area contributed by atoms with Gasteiger partial charge in [-0.05, 0) is 72.2 Å². The summed E-state index contributed by atoms with van der Waals surface area (Å²) in [6.45, 7) is 5.61. The number of nitrogens with zero attached hydrogens (tertiary/aromatic N) is 4. The van der Waals surface area contributed by atoms with E-state index in [1.165, 1.54) is 16.6 Å². The first-order valence-corrected chi connectivity index (χ1v) is 8.81. The molecule has 0 saturated carbocycles. The molecule has 0 aliphatic heterocycles. The van der Waals surface area contributed by atoms with Gasteiger partial charge in [0.2, 0.25) is 0 Å². The Morgan fingerprint density at radius 1 is 1.11 bits per heavy atom. The number of hydrogen-bond donors (Lipinski definition) is 1. The molecule has 8 heteroatoms. The molecule has 2 aromatic carbocycles. The Bertz CT molecular complexity index is 968. The molecular weight excluding hydrogens is 358 g/mol. The van der Waals surface area contributed by atoms with Crippen molar-refractivity contribution in [2.75, 3.05) is 6.61 Å². The molecule has 3 aromatic rings. The van der Waals surface area contributed by atoms with Crippen LogP contribution in [0.25, 0.3) is 5.69 Å². The number of hydrogen-bond acceptors (Lipinski definition) is 6. The van der Waals surface area contributed by atoms with Crippen molar-refractivity contribution in [3.8, 4) is 5.69 Å². The molecule has 1 atom stereocenters. The number of carbonyl (C=O) groups is 2. The van der Waals surface area contributed by atoms with Crippen LogP contribution in [0.4, 0.5) is 0 Å². The molecule has 1 aromatic heterocycles. The van der Waals surface area contributed by atoms with Crippen molar-refractivity contribution in [1.29, 1.82) is 0 Å². The summed E-state index contributed by atoms with van der Waals surface area (Å²) in [5, 5.41) is 13.7. The first kappa shape index (κ1) is 19.2. The first-order chi connectivity index (χ1) is 13.4. The predicted molar refractivity (Wildman–Crippen MR) is 102 cm³/mol. The van der Waals surface area contributed by atoms with Gasteiger partial charge in [0.05, 0.1) is 17.3 Å². The molecule has 0 saturated heterocycles. The molecule has 28 heavy (non-hydrogen) atoms. The van der Waals surface area contributed by atoms with Crippen LogP contribution in [0.5, 0.6) is 0 Å². The largest absolute Gasteiger partial charge is 0.452 e. The minimum absolute atomic E-state index is 0.180. The third-order valence-corrected chi connectivity index (χ3v) is 4.46. The van der Waals surface area contributed by atoms with E-state index in [9.17, 15) is 9.59 Å². The van der Waals surface area contributed by atoms with Crippen LogP contribution >= 0.6 is 0 Å². The molecule has 1 heterocycles. The molecule has 8 nitrogen and oxygen atoms in total. The van der Waals surface area contributed by atoms with Crippen LogP contribution in [0, 0.1) is 13.8 Å². The summed E-state index contributed by atoms with van der Waals surface area (Å²) in [6.07, 6.45) is 1.45. The molecule has 3 rings (SSSR count). The van der Waals surface area contributed by atoms with E-state index in [0.717, 1.165) is 11.1 Å². The van der Waals surface area contributed by atoms with Gasteiger partial charge in [-0.25, -0.2) is 9.48 Å². The number of aromatic nitrogens is 4. The molecule has 0 fully saturated rings. The fourth-order valence-corrected chi connectivity index (χ4v) is 2.64. The van der Waals surface area contributed by atoms with Crippen molar-refractivity contribution in [3.63, 3.8) is 0 Å². The molecule has 0 spiro atoms. The van der Waals surface area contributed by atoms with Crippen LogP contribution in [0.15, 0.2) is 48.8 Å². The maximum atomic E-state index is 12.1. The number of ether oxygens (including phenoxy) is 1. The maximum absolute atomic E-state index is 12.1. The van der Waals surface area contributed by atoms with Gasteiger partial charge in [0, 0.05) is 0 Å². The van der Waals surface area contributed by atoms with Crippen LogP contribution in [0.3, 0.4) is 0 Å². The molecular formula is C20H21N5O3. The van der Waals surface area contributed by atoms with E-state index in [1.54, 1.807) is 24.3 Å². The Labute approximate surface area is 162 Å². The van der Waals surface area contributed by atoms with Crippen molar-refractivity contribution in [1.82, 2.24) is 25.5 Å². The predicted octanol–water partition coefficient (Wildman–Crippen LogP) is 2.31. The lowest BCUT2D eigenvalue weighted by atomic mass is 10.0. The lowest BCUT2D eigenvalue weighted by Crippen LogP contribution is -2.31. The number of aryl methyl sites for hydroxylation is 2. The average Bonchev–Trinajstić information content (AvgIpc) is 3.23. The van der Waals surface area contributed by atoms with E-state index in [4.69, 9.17) is 4.74 Å². The summed E-state index contributed by atoms with van der Waals surface area (Å²) < 4.78 is 6.57. The van der Waals surface area contributed by atoms with E-state index in [-0.39, 0.29) is 18.6 Å². The van der Waals surface area contributed by atoms with Gasteiger partial charge in [-0.2, -0.15) is 0 Å². The monoisotopic (exact) mass is 379 g/mol. The number of benzene rings is 2. The zero-order valence-corrected chi connectivity index (χ0v) is 15.9. The van der Waals surface area contributed by atoms with Crippen LogP contribution in [0.2, 0.25) is 0 Å². The zero-order chi connectivity index (χ0) is 20.1. The van der Waals surface area contributed by atoms with Crippen molar-refractivity contribution in [3.05, 3.63) is 71.0 Å². The Balaban J connectivity index is 1.52. The van der Waals surface area contributed by atoms with Crippen LogP contribution in [0.1, 0.15) is 40.0 Å². The van der Waals surface area contributed by atoms with Crippen LogP contribution < -0.4 is 5.32 Å². The van der Waals surface area contributed by atoms with E-state index < -0.39 is 5.97 Å². The summed E-state index contributed by atoms with van der Waals surface area (Å²) in [5.74, 6) is -0.929. The van der Waals surface area contributed by atoms with Crippen LogP contribution in [-0.4, -0.2) is 38.7 Å². The second kappa shape index (κ2) is 8.43. The minimum Gasteiger partial charge on any atom is -0.452 e. The van der Waals surface area contributed by atoms with Gasteiger partial charge in [-0.3, -0.25) is 4.79 Å². The Morgan fingerprint density at radius 3 is 2.50 bits per heavy atom. The molecule has 0 radical (unpaired) electrons. The summed E-state index contributed by atoms with van der Waals surface area (Å²) in [4.78, 5) is 24.2. The van der Waals surface area contributed by atoms with Crippen LogP contribution in [-0.2, 0) is 9.53 Å². The number of rotatable bonds is 6. The Kier molecular flexibility index (Phi) is 5.78. The number of tetrazole rings is 1. The van der Waals surface area contributed by atoms with Gasteiger partial charge in [0.1, 0.15) is 6.33 Å². The summed E-state index contributed by atoms with van der Waals surface area (Å²) in [7, 11) is 0. The third kappa shape index (κ3) is 4.59. The highest BCUT2D eigenvalue weighted by Crippen LogP contribution is 2.16. The van der Waals surface area contributed by atoms with Gasteiger partial charge in [-0.15, -0.1) is 5.10 Å². The van der Waals surface area contributed by atoms with E-state index >= 15 is 0 Å². The van der Waals surface area contributed by atoms with E-state index in [2.05, 4.69) is 20.8 Å². The molecule has 1 amide bonds. The molecule has 1 N–H and O–H groups in total. The lowest BCUT2D eigenvalue weighted by Gasteiger charge is -2.15. The summed E-state index contributed by atoms with van der Waals surface area (Å²) in [6, 6.07) is 12.4. The van der Waals surface area contributed by atoms with Gasteiger partial charge in [0.15, 0.2) is 6.61 Å². The molecule has 0 bridgehead atoms. The second-order valence-corrected chi connectivity index (χ2v) is 6.51. The van der Waals surface area contributed by atoms with Gasteiger partial charge >= 0.3 is 5.97 Å². The quantitative estimate of drug-likeness (QED) is 0.660. The third-order valence-electron chi connectivity index (χ3n) is 4.46. The fraction of sp³-hybridized carbons (Fsp3) is 0.250. The minimum atomic E-state index is -0.572. The van der Waals surface area contributed by atoms with Crippen molar-refractivity contribution < 1.29 is 14.3 Å². The number of carbonyl (C=O) groups excluding carboxylic acids is 2. The number of esters is 1. The Morgan fingerprint density at radius 2 is 1.86 bits per heavy atom. The van der Waals surface area contributed by atoms with Gasteiger partial charge < -0.3 is 10.1 Å². The van der Waals surface area contributed by atoms with E-state index in [0.29, 0.717) is 11.3 Å². The summed E-state index contributed by atoms with van der Waals surface area (Å²) >= 11 is 0. The fourth-order valence-electron chi connectivity index (χ4n) is 2.64. The second-order valence-electron chi connectivity index (χ2n) is 6.51. The highest BCUT2D eigenvalue weighted by Gasteiger charge is 2.14. The van der Waals surface area contributed by atoms with Gasteiger partial charge in [-0.1, -0.05) is 18.2 Å². The van der Waals surface area contributed by atoms with Crippen molar-refractivity contribution in [2.45, 2.75) is 26.8 Å². The molecule has 0 unspecified atom stereocenters. The smallest absolute Gasteiger partial charge is 0.338 e. The molecule has 0 aliphatic rings. The number of amides is 1. The van der Waals surface area contributed by atoms with E-state index in [1.807, 2.05) is 39.0 Å². The lowest BCUT2D eigenvalue weighted by molar-refractivity contribution is -0.124. The molecule has 0 aliphatic carbocycles. The maximum Gasteiger partial charge on any atom is 0.338 e. The normalized spacial score (nSPS) is 11.7. The van der Waals surface area contributed by atoms with Crippen molar-refractivity contribution >= 4 is 11.9 Å². The molecule has 144 valence electrons. The highest BCUT2D eigenvalue weighted by molar-refractivity contribution is 5.91. The Hall–Kier alpha value is -3.55. The highest BCUT2D eigenvalue weighted by atomic mass is 16.5. The standard InChI is InChI=1S/C20H21N5O3/c1-13-4-5-17(10-14(13)2)15(3)22-19(26)11-28-20(27)16-6-8-18(9-7-16)25-12-21-23-24-25/h4-10,12,15H,11H2,1-3H3,(H,22,26)/t15-/m0/s1.